The zero-order valence-corrected chi connectivity index (χ0v) is 12.0. The highest BCUT2D eigenvalue weighted by Gasteiger charge is 2.29. The number of carbonyl (C=O) groups excluding carboxylic acids is 1. The Balaban J connectivity index is 1.62. The fourth-order valence-electron chi connectivity index (χ4n) is 2.61. The van der Waals surface area contributed by atoms with Gasteiger partial charge in [0.1, 0.15) is 6.61 Å². The number of piperidine rings is 1. The summed E-state index contributed by atoms with van der Waals surface area (Å²) in [6.07, 6.45) is 3.96. The number of carboxylic acids is 1. The van der Waals surface area contributed by atoms with Gasteiger partial charge in [-0.25, -0.2) is 9.59 Å². The molecule has 1 saturated carbocycles. The van der Waals surface area contributed by atoms with Crippen molar-refractivity contribution < 1.29 is 19.4 Å². The third kappa shape index (κ3) is 4.67. The summed E-state index contributed by atoms with van der Waals surface area (Å²) in [5.41, 5.74) is 0. The lowest BCUT2D eigenvalue weighted by molar-refractivity contribution is -0.145. The Kier molecular flexibility index (Phi) is 5.23. The molecule has 20 heavy (non-hydrogen) atoms. The van der Waals surface area contributed by atoms with Crippen molar-refractivity contribution in [2.24, 2.45) is 11.8 Å². The molecule has 0 aromatic rings. The fraction of sp³-hybridized carbons (Fsp3) is 0.857. The van der Waals surface area contributed by atoms with E-state index in [2.05, 4.69) is 12.2 Å². The molecule has 1 unspecified atom stereocenters. The molecule has 1 aliphatic heterocycles. The number of rotatable bonds is 6. The van der Waals surface area contributed by atoms with Crippen LogP contribution in [0.3, 0.4) is 0 Å². The third-order valence-corrected chi connectivity index (χ3v) is 4.17. The van der Waals surface area contributed by atoms with E-state index in [4.69, 9.17) is 9.84 Å². The van der Waals surface area contributed by atoms with E-state index in [0.717, 1.165) is 12.5 Å². The lowest BCUT2D eigenvalue weighted by Gasteiger charge is -2.32. The van der Waals surface area contributed by atoms with Crippen molar-refractivity contribution in [1.29, 1.82) is 0 Å². The molecule has 1 heterocycles. The summed E-state index contributed by atoms with van der Waals surface area (Å²) < 4.78 is 5.25. The second-order valence-electron chi connectivity index (χ2n) is 5.89. The largest absolute Gasteiger partial charge is 0.480 e. The number of carboxylic acid groups (broad SMARTS) is 1. The van der Waals surface area contributed by atoms with E-state index >= 15 is 0 Å². The molecule has 6 nitrogen and oxygen atoms in total. The number of carbonyl (C=O) groups is 2. The maximum absolute atomic E-state index is 12.0. The highest BCUT2D eigenvalue weighted by Crippen LogP contribution is 2.36. The summed E-state index contributed by atoms with van der Waals surface area (Å²) in [4.78, 5) is 24.2. The molecule has 114 valence electrons. The van der Waals surface area contributed by atoms with Crippen LogP contribution in [0.2, 0.25) is 0 Å². The number of nitrogens with one attached hydrogen (secondary N) is 1. The van der Waals surface area contributed by atoms with Gasteiger partial charge in [0.2, 0.25) is 0 Å². The number of likely N-dealkylation sites (tertiary alicyclic amines) is 1. The van der Waals surface area contributed by atoms with E-state index in [9.17, 15) is 9.59 Å². The summed E-state index contributed by atoms with van der Waals surface area (Å²) in [5.74, 6) is 0.417. The van der Waals surface area contributed by atoms with Gasteiger partial charge >= 0.3 is 12.0 Å². The van der Waals surface area contributed by atoms with Crippen molar-refractivity contribution in [2.45, 2.75) is 38.7 Å². The van der Waals surface area contributed by atoms with E-state index in [1.54, 1.807) is 4.90 Å². The highest BCUT2D eigenvalue weighted by atomic mass is 16.5. The van der Waals surface area contributed by atoms with Gasteiger partial charge in [0.25, 0.3) is 0 Å². The molecule has 2 N–H and O–H groups in total. The van der Waals surface area contributed by atoms with E-state index in [1.165, 1.54) is 12.8 Å². The van der Waals surface area contributed by atoms with Crippen molar-refractivity contribution >= 4 is 12.0 Å². The van der Waals surface area contributed by atoms with Gasteiger partial charge in [0.15, 0.2) is 0 Å². The zero-order chi connectivity index (χ0) is 14.5. The summed E-state index contributed by atoms with van der Waals surface area (Å²) in [6.45, 7) is 3.94. The molecule has 0 aromatic heterocycles. The monoisotopic (exact) mass is 284 g/mol. The average Bonchev–Trinajstić information content (AvgIpc) is 3.27. The number of amides is 2. The van der Waals surface area contributed by atoms with Crippen LogP contribution in [0.1, 0.15) is 32.6 Å². The minimum Gasteiger partial charge on any atom is -0.480 e. The first-order chi connectivity index (χ1) is 9.56. The van der Waals surface area contributed by atoms with Crippen LogP contribution in [-0.2, 0) is 9.53 Å². The Morgan fingerprint density at radius 3 is 2.50 bits per heavy atom. The van der Waals surface area contributed by atoms with Crippen LogP contribution in [0.4, 0.5) is 4.79 Å². The Morgan fingerprint density at radius 1 is 1.30 bits per heavy atom. The molecule has 0 aromatic carbocycles. The van der Waals surface area contributed by atoms with E-state index in [1.807, 2.05) is 0 Å². The molecule has 6 heteroatoms. The maximum Gasteiger partial charge on any atom is 0.329 e. The molecule has 0 radical (unpaired) electrons. The van der Waals surface area contributed by atoms with Crippen molar-refractivity contribution in [3.8, 4) is 0 Å². The molecule has 1 atom stereocenters. The van der Waals surface area contributed by atoms with Gasteiger partial charge in [0, 0.05) is 19.6 Å². The van der Waals surface area contributed by atoms with Crippen molar-refractivity contribution in [1.82, 2.24) is 10.2 Å². The SMILES string of the molecule is CC(CNC(=O)N1CCC(OCC(=O)O)CC1)C1CC1. The van der Waals surface area contributed by atoms with Gasteiger partial charge in [-0.05, 0) is 37.5 Å². The second-order valence-corrected chi connectivity index (χ2v) is 5.89. The Hall–Kier alpha value is -1.30. The Morgan fingerprint density at radius 2 is 1.95 bits per heavy atom. The Bertz CT molecular complexity index is 349. The molecule has 0 spiro atoms. The van der Waals surface area contributed by atoms with E-state index in [0.29, 0.717) is 31.8 Å². The standard InChI is InChI=1S/C14H24N2O4/c1-10(11-2-3-11)8-15-14(19)16-6-4-12(5-7-16)20-9-13(17)18/h10-12H,2-9H2,1H3,(H,15,19)(H,17,18). The van der Waals surface area contributed by atoms with Gasteiger partial charge in [-0.1, -0.05) is 6.92 Å². The Labute approximate surface area is 119 Å². The summed E-state index contributed by atoms with van der Waals surface area (Å²) in [6, 6.07) is -0.00538. The number of urea groups is 1. The third-order valence-electron chi connectivity index (χ3n) is 4.17. The number of hydrogen-bond acceptors (Lipinski definition) is 3. The molecular weight excluding hydrogens is 260 g/mol. The van der Waals surface area contributed by atoms with Crippen LogP contribution in [0.15, 0.2) is 0 Å². The van der Waals surface area contributed by atoms with Gasteiger partial charge in [-0.2, -0.15) is 0 Å². The first-order valence-electron chi connectivity index (χ1n) is 7.42. The number of nitrogens with zero attached hydrogens (tertiary/aromatic N) is 1. The number of ether oxygens (including phenoxy) is 1. The molecular formula is C14H24N2O4. The van der Waals surface area contributed by atoms with Crippen LogP contribution >= 0.6 is 0 Å². The predicted octanol–water partition coefficient (Wildman–Crippen LogP) is 1.31. The normalized spacial score (nSPS) is 21.6. The topological polar surface area (TPSA) is 78.9 Å². The van der Waals surface area contributed by atoms with Gasteiger partial charge in [0.05, 0.1) is 6.10 Å². The van der Waals surface area contributed by atoms with Crippen molar-refractivity contribution in [2.75, 3.05) is 26.2 Å². The summed E-state index contributed by atoms with van der Waals surface area (Å²) >= 11 is 0. The number of hydrogen-bond donors (Lipinski definition) is 2. The van der Waals surface area contributed by atoms with Gasteiger partial charge in [-0.15, -0.1) is 0 Å². The average molecular weight is 284 g/mol. The zero-order valence-electron chi connectivity index (χ0n) is 12.0. The first kappa shape index (κ1) is 15.1. The second kappa shape index (κ2) is 6.92. The minimum absolute atomic E-state index is 0.00538. The number of aliphatic carboxylic acids is 1. The van der Waals surface area contributed by atoms with Gasteiger partial charge < -0.3 is 20.1 Å². The van der Waals surface area contributed by atoms with E-state index < -0.39 is 5.97 Å². The lowest BCUT2D eigenvalue weighted by Crippen LogP contribution is -2.47. The molecule has 1 saturated heterocycles. The predicted molar refractivity (Wildman–Crippen MR) is 73.5 cm³/mol. The van der Waals surface area contributed by atoms with Crippen LogP contribution in [-0.4, -0.2) is 54.4 Å². The summed E-state index contributed by atoms with van der Waals surface area (Å²) in [7, 11) is 0. The van der Waals surface area contributed by atoms with Gasteiger partial charge in [-0.3, -0.25) is 0 Å². The van der Waals surface area contributed by atoms with Crippen LogP contribution in [0.25, 0.3) is 0 Å². The van der Waals surface area contributed by atoms with E-state index in [-0.39, 0.29) is 18.7 Å². The first-order valence-corrected chi connectivity index (χ1v) is 7.42. The van der Waals surface area contributed by atoms with Crippen molar-refractivity contribution in [3.05, 3.63) is 0 Å². The maximum atomic E-state index is 12.0. The van der Waals surface area contributed by atoms with Crippen LogP contribution < -0.4 is 5.32 Å². The molecule has 2 fully saturated rings. The quantitative estimate of drug-likeness (QED) is 0.770. The molecule has 2 aliphatic rings. The molecule has 2 rings (SSSR count). The molecule has 1 aliphatic carbocycles. The highest BCUT2D eigenvalue weighted by molar-refractivity contribution is 5.74. The fourth-order valence-corrected chi connectivity index (χ4v) is 2.61. The molecule has 2 amide bonds. The van der Waals surface area contributed by atoms with Crippen LogP contribution in [0.5, 0.6) is 0 Å². The molecule has 0 bridgehead atoms. The smallest absolute Gasteiger partial charge is 0.329 e. The van der Waals surface area contributed by atoms with Crippen LogP contribution in [0, 0.1) is 11.8 Å². The minimum atomic E-state index is -0.945. The summed E-state index contributed by atoms with van der Waals surface area (Å²) in [5, 5.41) is 11.5. The van der Waals surface area contributed by atoms with Crippen molar-refractivity contribution in [3.63, 3.8) is 0 Å². The lowest BCUT2D eigenvalue weighted by atomic mass is 10.1.